The maximum atomic E-state index is 12.3. The Bertz CT molecular complexity index is 488. The van der Waals surface area contributed by atoms with E-state index in [1.54, 1.807) is 12.3 Å². The van der Waals surface area contributed by atoms with Gasteiger partial charge in [-0.05, 0) is 52.9 Å². The van der Waals surface area contributed by atoms with Crippen molar-refractivity contribution in [2.75, 3.05) is 0 Å². The monoisotopic (exact) mass is 338 g/mol. The minimum atomic E-state index is -4.29. The molecule has 0 bridgehead atoms. The predicted molar refractivity (Wildman–Crippen MR) is 61.3 cm³/mol. The zero-order valence-corrected chi connectivity index (χ0v) is 10.0. The van der Waals surface area contributed by atoms with Gasteiger partial charge in [-0.2, -0.15) is 18.3 Å². The lowest BCUT2D eigenvalue weighted by atomic mass is 10.2. The van der Waals surface area contributed by atoms with Gasteiger partial charge in [-0.25, -0.2) is 4.68 Å². The highest BCUT2D eigenvalue weighted by Crippen LogP contribution is 2.29. The van der Waals surface area contributed by atoms with Crippen molar-refractivity contribution in [3.63, 3.8) is 0 Å². The summed E-state index contributed by atoms with van der Waals surface area (Å²) in [7, 11) is 0. The first-order valence-corrected chi connectivity index (χ1v) is 5.43. The molecule has 0 N–H and O–H groups in total. The number of halogens is 4. The van der Waals surface area contributed by atoms with Crippen molar-refractivity contribution in [2.24, 2.45) is 0 Å². The Balaban J connectivity index is 2.33. The van der Waals surface area contributed by atoms with Crippen LogP contribution < -0.4 is 0 Å². The molecule has 1 aromatic heterocycles. The Hall–Kier alpha value is -1.05. The van der Waals surface area contributed by atoms with Crippen LogP contribution >= 0.6 is 22.6 Å². The lowest BCUT2D eigenvalue weighted by molar-refractivity contribution is -0.137. The molecule has 2 rings (SSSR count). The molecule has 0 fully saturated rings. The summed E-state index contributed by atoms with van der Waals surface area (Å²) in [5.41, 5.74) is -0.0472. The molecule has 0 atom stereocenters. The Morgan fingerprint density at radius 2 is 1.69 bits per heavy atom. The van der Waals surface area contributed by atoms with Crippen molar-refractivity contribution in [1.29, 1.82) is 0 Å². The summed E-state index contributed by atoms with van der Waals surface area (Å²) in [6.45, 7) is 0. The molecule has 0 radical (unpaired) electrons. The van der Waals surface area contributed by atoms with Crippen molar-refractivity contribution in [3.05, 3.63) is 45.8 Å². The van der Waals surface area contributed by atoms with Crippen LogP contribution in [0.4, 0.5) is 13.2 Å². The van der Waals surface area contributed by atoms with Crippen LogP contribution in [0.25, 0.3) is 5.69 Å². The molecule has 0 saturated carbocycles. The third kappa shape index (κ3) is 2.37. The standard InChI is InChI=1S/C10H6F3IN2/c11-10(12,13)7-1-3-8(4-2-7)16-6-5-9(14)15-16/h1-6H. The van der Waals surface area contributed by atoms with E-state index in [2.05, 4.69) is 5.10 Å². The molecular formula is C10H6F3IN2. The molecule has 0 aliphatic rings. The third-order valence-corrected chi connectivity index (χ3v) is 2.59. The van der Waals surface area contributed by atoms with Gasteiger partial charge in [0.1, 0.15) is 3.70 Å². The molecule has 2 aromatic rings. The zero-order chi connectivity index (χ0) is 11.8. The van der Waals surface area contributed by atoms with Gasteiger partial charge in [0.05, 0.1) is 11.3 Å². The molecule has 0 saturated heterocycles. The maximum Gasteiger partial charge on any atom is 0.416 e. The normalized spacial score (nSPS) is 11.8. The fourth-order valence-corrected chi connectivity index (χ4v) is 1.64. The molecule has 1 aromatic carbocycles. The van der Waals surface area contributed by atoms with Gasteiger partial charge in [-0.1, -0.05) is 0 Å². The minimum Gasteiger partial charge on any atom is -0.240 e. The molecule has 0 spiro atoms. The van der Waals surface area contributed by atoms with Crippen LogP contribution in [0.15, 0.2) is 36.5 Å². The summed E-state index contributed by atoms with van der Waals surface area (Å²) in [5, 5.41) is 4.09. The summed E-state index contributed by atoms with van der Waals surface area (Å²) in [6, 6.07) is 6.66. The fraction of sp³-hybridized carbons (Fsp3) is 0.100. The highest BCUT2D eigenvalue weighted by atomic mass is 127. The number of hydrogen-bond acceptors (Lipinski definition) is 1. The van der Waals surface area contributed by atoms with E-state index in [0.717, 1.165) is 15.8 Å². The number of alkyl halides is 3. The number of nitrogens with zero attached hydrogens (tertiary/aromatic N) is 2. The molecular weight excluding hydrogens is 332 g/mol. The van der Waals surface area contributed by atoms with E-state index in [1.807, 2.05) is 22.6 Å². The van der Waals surface area contributed by atoms with Gasteiger partial charge < -0.3 is 0 Å². The summed E-state index contributed by atoms with van der Waals surface area (Å²) < 4.78 is 39.2. The van der Waals surface area contributed by atoms with Crippen molar-refractivity contribution < 1.29 is 13.2 Å². The second-order valence-electron chi connectivity index (χ2n) is 3.13. The van der Waals surface area contributed by atoms with Crippen LogP contribution in [0.3, 0.4) is 0 Å². The Labute approximate surface area is 103 Å². The van der Waals surface area contributed by atoms with Crippen molar-refractivity contribution in [3.8, 4) is 5.69 Å². The number of rotatable bonds is 1. The molecule has 0 amide bonds. The van der Waals surface area contributed by atoms with Crippen LogP contribution in [0.2, 0.25) is 0 Å². The molecule has 0 unspecified atom stereocenters. The average Bonchev–Trinajstić information content (AvgIpc) is 2.64. The Morgan fingerprint density at radius 3 is 2.12 bits per heavy atom. The van der Waals surface area contributed by atoms with Crippen LogP contribution in [0.5, 0.6) is 0 Å². The Morgan fingerprint density at radius 1 is 1.06 bits per heavy atom. The molecule has 6 heteroatoms. The number of benzene rings is 1. The summed E-state index contributed by atoms with van der Waals surface area (Å²) >= 11 is 2.04. The third-order valence-electron chi connectivity index (χ3n) is 2.02. The first kappa shape index (κ1) is 11.4. The quantitative estimate of drug-likeness (QED) is 0.728. The van der Waals surface area contributed by atoms with E-state index in [4.69, 9.17) is 0 Å². The van der Waals surface area contributed by atoms with E-state index in [-0.39, 0.29) is 0 Å². The average molecular weight is 338 g/mol. The first-order valence-electron chi connectivity index (χ1n) is 4.35. The van der Waals surface area contributed by atoms with E-state index >= 15 is 0 Å². The highest BCUT2D eigenvalue weighted by Gasteiger charge is 2.29. The number of aromatic nitrogens is 2. The minimum absolute atomic E-state index is 0.607. The number of hydrogen-bond donors (Lipinski definition) is 0. The van der Waals surface area contributed by atoms with Crippen LogP contribution in [0.1, 0.15) is 5.56 Å². The van der Waals surface area contributed by atoms with E-state index < -0.39 is 11.7 Å². The molecule has 0 aliphatic heterocycles. The van der Waals surface area contributed by atoms with Crippen LogP contribution in [0, 0.1) is 3.70 Å². The van der Waals surface area contributed by atoms with E-state index in [1.165, 1.54) is 16.8 Å². The molecule has 2 nitrogen and oxygen atoms in total. The summed E-state index contributed by atoms with van der Waals surface area (Å²) in [5.74, 6) is 0. The first-order chi connectivity index (χ1) is 7.47. The fourth-order valence-electron chi connectivity index (χ4n) is 1.25. The van der Waals surface area contributed by atoms with Crippen molar-refractivity contribution in [1.82, 2.24) is 9.78 Å². The van der Waals surface area contributed by atoms with Gasteiger partial charge in [0.25, 0.3) is 0 Å². The summed E-state index contributed by atoms with van der Waals surface area (Å²) in [6.07, 6.45) is -2.60. The summed E-state index contributed by atoms with van der Waals surface area (Å²) in [4.78, 5) is 0. The molecule has 1 heterocycles. The van der Waals surface area contributed by atoms with Crippen LogP contribution in [-0.2, 0) is 6.18 Å². The van der Waals surface area contributed by atoms with E-state index in [0.29, 0.717) is 5.69 Å². The highest BCUT2D eigenvalue weighted by molar-refractivity contribution is 14.1. The second kappa shape index (κ2) is 4.08. The lowest BCUT2D eigenvalue weighted by Gasteiger charge is -2.07. The maximum absolute atomic E-state index is 12.3. The van der Waals surface area contributed by atoms with E-state index in [9.17, 15) is 13.2 Å². The van der Waals surface area contributed by atoms with Gasteiger partial charge in [0.2, 0.25) is 0 Å². The topological polar surface area (TPSA) is 17.8 Å². The largest absolute Gasteiger partial charge is 0.416 e. The lowest BCUT2D eigenvalue weighted by Crippen LogP contribution is -2.05. The molecule has 16 heavy (non-hydrogen) atoms. The van der Waals surface area contributed by atoms with Crippen molar-refractivity contribution >= 4 is 22.6 Å². The predicted octanol–water partition coefficient (Wildman–Crippen LogP) is 3.50. The smallest absolute Gasteiger partial charge is 0.240 e. The van der Waals surface area contributed by atoms with Gasteiger partial charge >= 0.3 is 6.18 Å². The van der Waals surface area contributed by atoms with Crippen molar-refractivity contribution in [2.45, 2.75) is 6.18 Å². The molecule has 84 valence electrons. The van der Waals surface area contributed by atoms with Gasteiger partial charge in [0, 0.05) is 6.20 Å². The SMILES string of the molecule is FC(F)(F)c1ccc(-n2ccc(I)n2)cc1. The molecule has 0 aliphatic carbocycles. The van der Waals surface area contributed by atoms with Gasteiger partial charge in [-0.3, -0.25) is 0 Å². The van der Waals surface area contributed by atoms with Gasteiger partial charge in [0.15, 0.2) is 0 Å². The van der Waals surface area contributed by atoms with Gasteiger partial charge in [-0.15, -0.1) is 0 Å². The Kier molecular flexibility index (Phi) is 2.92. The van der Waals surface area contributed by atoms with Crippen LogP contribution in [-0.4, -0.2) is 9.78 Å². The second-order valence-corrected chi connectivity index (χ2v) is 4.23. The zero-order valence-electron chi connectivity index (χ0n) is 7.87.